The lowest BCUT2D eigenvalue weighted by molar-refractivity contribution is -0.143. The molecule has 0 bridgehead atoms. The van der Waals surface area contributed by atoms with Gasteiger partial charge in [-0.25, -0.2) is 9.18 Å². The standard InChI is InChI=1S/C15H12BrFO4.C3H8O/c1-8-10(13(18)19)3-2-6-15(8,14(20)21)11-7-9(16)4-5-12(11)17;1-2-3-4/h2-8H,1H3,(H,18,19)(H,20,21);4H,2-3H2,1H3. The molecule has 0 aliphatic heterocycles. The molecule has 0 saturated carbocycles. The third kappa shape index (κ3) is 4.35. The minimum atomic E-state index is -1.75. The number of benzene rings is 1. The van der Waals surface area contributed by atoms with Gasteiger partial charge in [-0.1, -0.05) is 48.0 Å². The Hall–Kier alpha value is -1.99. The van der Waals surface area contributed by atoms with Crippen LogP contribution >= 0.6 is 15.9 Å². The van der Waals surface area contributed by atoms with E-state index in [0.29, 0.717) is 11.1 Å². The van der Waals surface area contributed by atoms with E-state index in [4.69, 9.17) is 5.11 Å². The maximum absolute atomic E-state index is 14.2. The fourth-order valence-corrected chi connectivity index (χ4v) is 2.96. The molecule has 0 aromatic heterocycles. The number of hydrogen-bond acceptors (Lipinski definition) is 3. The Morgan fingerprint density at radius 1 is 1.32 bits per heavy atom. The summed E-state index contributed by atoms with van der Waals surface area (Å²) < 4.78 is 14.7. The van der Waals surface area contributed by atoms with Crippen LogP contribution in [0.25, 0.3) is 0 Å². The van der Waals surface area contributed by atoms with Crippen molar-refractivity contribution in [1.29, 1.82) is 0 Å². The first-order valence-corrected chi connectivity index (χ1v) is 8.44. The summed E-state index contributed by atoms with van der Waals surface area (Å²) in [6, 6.07) is 3.98. The van der Waals surface area contributed by atoms with Crippen LogP contribution in [0.1, 0.15) is 25.8 Å². The predicted molar refractivity (Wildman–Crippen MR) is 94.8 cm³/mol. The Bertz CT molecular complexity index is 711. The minimum absolute atomic E-state index is 0.0695. The van der Waals surface area contributed by atoms with E-state index in [1.165, 1.54) is 37.3 Å². The number of carboxylic acids is 2. The Morgan fingerprint density at radius 3 is 2.40 bits per heavy atom. The van der Waals surface area contributed by atoms with Gasteiger partial charge in [0.15, 0.2) is 0 Å². The monoisotopic (exact) mass is 414 g/mol. The summed E-state index contributed by atoms with van der Waals surface area (Å²) in [6.45, 7) is 3.72. The van der Waals surface area contributed by atoms with Crippen LogP contribution in [0.15, 0.2) is 46.5 Å². The molecule has 2 rings (SSSR count). The number of rotatable bonds is 4. The van der Waals surface area contributed by atoms with Gasteiger partial charge in [-0.3, -0.25) is 4.79 Å². The first-order chi connectivity index (χ1) is 11.7. The number of carbonyl (C=O) groups is 2. The van der Waals surface area contributed by atoms with E-state index < -0.39 is 29.1 Å². The molecule has 1 aliphatic carbocycles. The third-order valence-electron chi connectivity index (χ3n) is 3.98. The molecule has 136 valence electrons. The van der Waals surface area contributed by atoms with Gasteiger partial charge in [-0.2, -0.15) is 0 Å². The number of aliphatic hydroxyl groups is 1. The highest BCUT2D eigenvalue weighted by Crippen LogP contribution is 2.42. The van der Waals surface area contributed by atoms with Crippen LogP contribution in [-0.4, -0.2) is 33.9 Å². The fourth-order valence-electron chi connectivity index (χ4n) is 2.60. The first-order valence-electron chi connectivity index (χ1n) is 7.64. The van der Waals surface area contributed by atoms with Gasteiger partial charge in [0, 0.05) is 28.1 Å². The lowest BCUT2D eigenvalue weighted by atomic mass is 9.65. The maximum Gasteiger partial charge on any atom is 0.331 e. The van der Waals surface area contributed by atoms with Crippen LogP contribution in [0, 0.1) is 11.7 Å². The van der Waals surface area contributed by atoms with Gasteiger partial charge in [0.1, 0.15) is 11.2 Å². The second kappa shape index (κ2) is 8.92. The average Bonchev–Trinajstić information content (AvgIpc) is 2.57. The number of allylic oxidation sites excluding steroid dienone is 2. The number of halogens is 2. The molecule has 0 heterocycles. The van der Waals surface area contributed by atoms with Crippen molar-refractivity contribution in [1.82, 2.24) is 0 Å². The number of hydrogen-bond donors (Lipinski definition) is 3. The van der Waals surface area contributed by atoms with Crippen molar-refractivity contribution in [3.05, 3.63) is 57.9 Å². The second-order valence-corrected chi connectivity index (χ2v) is 6.45. The average molecular weight is 415 g/mol. The fraction of sp³-hybridized carbons (Fsp3) is 0.333. The first kappa shape index (κ1) is 21.1. The van der Waals surface area contributed by atoms with Gasteiger partial charge in [0.05, 0.1) is 0 Å². The molecular weight excluding hydrogens is 395 g/mol. The Kier molecular flexibility index (Phi) is 7.51. The lowest BCUT2D eigenvalue weighted by Gasteiger charge is -2.35. The molecule has 25 heavy (non-hydrogen) atoms. The highest BCUT2D eigenvalue weighted by atomic mass is 79.9. The largest absolute Gasteiger partial charge is 0.480 e. The van der Waals surface area contributed by atoms with E-state index in [-0.39, 0.29) is 11.1 Å². The molecule has 0 amide bonds. The summed E-state index contributed by atoms with van der Waals surface area (Å²) >= 11 is 3.19. The zero-order valence-corrected chi connectivity index (χ0v) is 15.5. The summed E-state index contributed by atoms with van der Waals surface area (Å²) in [6.07, 6.45) is 4.89. The van der Waals surface area contributed by atoms with E-state index >= 15 is 0 Å². The molecule has 0 fully saturated rings. The summed E-state index contributed by atoms with van der Waals surface area (Å²) in [5, 5.41) is 26.7. The molecule has 2 atom stereocenters. The summed E-state index contributed by atoms with van der Waals surface area (Å²) in [4.78, 5) is 23.1. The molecule has 3 N–H and O–H groups in total. The molecule has 0 spiro atoms. The smallest absolute Gasteiger partial charge is 0.331 e. The van der Waals surface area contributed by atoms with Crippen molar-refractivity contribution in [3.63, 3.8) is 0 Å². The van der Waals surface area contributed by atoms with Gasteiger partial charge in [-0.05, 0) is 24.6 Å². The quantitative estimate of drug-likeness (QED) is 0.700. The van der Waals surface area contributed by atoms with Crippen LogP contribution in [0.5, 0.6) is 0 Å². The molecule has 0 saturated heterocycles. The van der Waals surface area contributed by atoms with Crippen LogP contribution in [-0.2, 0) is 15.0 Å². The Labute approximate surface area is 153 Å². The molecule has 0 radical (unpaired) electrons. The van der Waals surface area contributed by atoms with Gasteiger partial charge < -0.3 is 15.3 Å². The van der Waals surface area contributed by atoms with Gasteiger partial charge >= 0.3 is 11.9 Å². The lowest BCUT2D eigenvalue weighted by Crippen LogP contribution is -2.44. The number of carboxylic acid groups (broad SMARTS) is 2. The summed E-state index contributed by atoms with van der Waals surface area (Å²) in [5.41, 5.74) is -1.89. The van der Waals surface area contributed by atoms with E-state index in [0.717, 1.165) is 12.5 Å². The molecule has 1 aliphatic rings. The van der Waals surface area contributed by atoms with Crippen molar-refractivity contribution >= 4 is 27.9 Å². The Morgan fingerprint density at radius 2 is 1.92 bits per heavy atom. The van der Waals surface area contributed by atoms with Crippen molar-refractivity contribution in [3.8, 4) is 0 Å². The van der Waals surface area contributed by atoms with E-state index in [1.807, 2.05) is 6.92 Å². The third-order valence-corrected chi connectivity index (χ3v) is 4.48. The zero-order valence-electron chi connectivity index (χ0n) is 13.9. The molecule has 2 unspecified atom stereocenters. The van der Waals surface area contributed by atoms with Gasteiger partial charge in [0.25, 0.3) is 0 Å². The van der Waals surface area contributed by atoms with Crippen molar-refractivity contribution in [2.24, 2.45) is 5.92 Å². The molecule has 1 aromatic rings. The normalized spacial score (nSPS) is 21.8. The predicted octanol–water partition coefficient (Wildman–Crippen LogP) is 3.52. The number of aliphatic hydroxyl groups excluding tert-OH is 1. The van der Waals surface area contributed by atoms with Crippen LogP contribution in [0.2, 0.25) is 0 Å². The van der Waals surface area contributed by atoms with Crippen molar-refractivity contribution in [2.45, 2.75) is 25.7 Å². The summed E-state index contributed by atoms with van der Waals surface area (Å²) in [7, 11) is 0. The Balaban J connectivity index is 0.000000705. The zero-order chi connectivity index (χ0) is 19.2. The van der Waals surface area contributed by atoms with E-state index in [1.54, 1.807) is 0 Å². The topological polar surface area (TPSA) is 94.8 Å². The van der Waals surface area contributed by atoms with Gasteiger partial charge in [0.2, 0.25) is 0 Å². The van der Waals surface area contributed by atoms with Crippen LogP contribution in [0.3, 0.4) is 0 Å². The van der Waals surface area contributed by atoms with E-state index in [9.17, 15) is 24.2 Å². The molecular formula is C18H20BrFO5. The molecule has 7 heteroatoms. The van der Waals surface area contributed by atoms with Crippen molar-refractivity contribution < 1.29 is 29.3 Å². The summed E-state index contributed by atoms with van der Waals surface area (Å²) in [5.74, 6) is -4.12. The minimum Gasteiger partial charge on any atom is -0.480 e. The SMILES string of the molecule is CC1C(C(=O)O)=CC=CC1(C(=O)O)c1cc(Br)ccc1F.CCCO. The number of aliphatic carboxylic acids is 2. The van der Waals surface area contributed by atoms with Crippen molar-refractivity contribution in [2.75, 3.05) is 6.61 Å². The van der Waals surface area contributed by atoms with Crippen LogP contribution < -0.4 is 0 Å². The van der Waals surface area contributed by atoms with E-state index in [2.05, 4.69) is 15.9 Å². The maximum atomic E-state index is 14.2. The van der Waals surface area contributed by atoms with Gasteiger partial charge in [-0.15, -0.1) is 0 Å². The van der Waals surface area contributed by atoms with Crippen LogP contribution in [0.4, 0.5) is 4.39 Å². The highest BCUT2D eigenvalue weighted by molar-refractivity contribution is 9.10. The molecule has 5 nitrogen and oxygen atoms in total. The second-order valence-electron chi connectivity index (χ2n) is 5.53. The highest BCUT2D eigenvalue weighted by Gasteiger charge is 2.48. The molecule has 1 aromatic carbocycles.